The maximum absolute atomic E-state index is 5.56. The highest BCUT2D eigenvalue weighted by Crippen LogP contribution is 2.37. The van der Waals surface area contributed by atoms with Gasteiger partial charge in [-0.05, 0) is 40.4 Å². The zero-order valence-corrected chi connectivity index (χ0v) is 14.7. The first-order valence-corrected chi connectivity index (χ1v) is 8.05. The maximum Gasteiger partial charge on any atom is 0.161 e. The molecule has 0 aromatic carbocycles. The molecule has 0 aliphatic heterocycles. The van der Waals surface area contributed by atoms with Crippen LogP contribution in [0.5, 0.6) is 5.75 Å². The number of hydrogen-bond donors (Lipinski definition) is 1. The van der Waals surface area contributed by atoms with Gasteiger partial charge in [-0.15, -0.1) is 0 Å². The van der Waals surface area contributed by atoms with E-state index >= 15 is 0 Å². The molecule has 0 saturated carbocycles. The van der Waals surface area contributed by atoms with Crippen LogP contribution in [0, 0.1) is 0 Å². The molecule has 1 rings (SSSR count). The lowest BCUT2D eigenvalue weighted by atomic mass is 9.84. The first kappa shape index (κ1) is 18.0. The molecule has 0 fully saturated rings. The molecule has 0 aliphatic carbocycles. The molecule has 0 amide bonds. The van der Waals surface area contributed by atoms with Crippen LogP contribution in [0.3, 0.4) is 0 Å². The van der Waals surface area contributed by atoms with E-state index in [4.69, 9.17) is 4.74 Å². The first-order valence-electron chi connectivity index (χ1n) is 8.05. The van der Waals surface area contributed by atoms with Crippen molar-refractivity contribution in [1.82, 2.24) is 20.0 Å². The van der Waals surface area contributed by atoms with E-state index in [1.54, 1.807) is 7.11 Å². The molecule has 0 saturated heterocycles. The van der Waals surface area contributed by atoms with Crippen LogP contribution in [-0.2, 0) is 6.54 Å². The van der Waals surface area contributed by atoms with Crippen molar-refractivity contribution in [3.05, 3.63) is 11.9 Å². The van der Waals surface area contributed by atoms with Crippen LogP contribution in [-0.4, -0.2) is 47.5 Å². The number of aromatic nitrogens is 2. The number of rotatable bonds is 9. The van der Waals surface area contributed by atoms with Crippen LogP contribution in [0.1, 0.15) is 52.8 Å². The van der Waals surface area contributed by atoms with E-state index in [0.717, 1.165) is 37.5 Å². The molecule has 1 aromatic rings. The molecule has 1 heterocycles. The SMILES string of the molecule is CCN(CC)C(C)(CC)C(NC)c1c(OC)cnn1CC. The predicted molar refractivity (Wildman–Crippen MR) is 87.9 cm³/mol. The van der Waals surface area contributed by atoms with E-state index in [0.29, 0.717) is 0 Å². The van der Waals surface area contributed by atoms with Crippen LogP contribution in [0.4, 0.5) is 0 Å². The third-order valence-corrected chi connectivity index (χ3v) is 4.75. The minimum atomic E-state index is 0.0124. The lowest BCUT2D eigenvalue weighted by Crippen LogP contribution is -2.54. The molecule has 5 nitrogen and oxygen atoms in total. The summed E-state index contributed by atoms with van der Waals surface area (Å²) < 4.78 is 7.59. The molecule has 0 aliphatic rings. The fourth-order valence-corrected chi connectivity index (χ4v) is 3.38. The number of hydrogen-bond acceptors (Lipinski definition) is 4. The van der Waals surface area contributed by atoms with E-state index in [2.05, 4.69) is 49.9 Å². The molecule has 0 spiro atoms. The van der Waals surface area contributed by atoms with Crippen molar-refractivity contribution in [2.75, 3.05) is 27.2 Å². The molecule has 2 unspecified atom stereocenters. The normalized spacial score (nSPS) is 16.0. The average Bonchev–Trinajstić information content (AvgIpc) is 2.91. The summed E-state index contributed by atoms with van der Waals surface area (Å²) in [6.07, 6.45) is 2.87. The van der Waals surface area contributed by atoms with Crippen molar-refractivity contribution in [1.29, 1.82) is 0 Å². The van der Waals surface area contributed by atoms with Gasteiger partial charge in [0.15, 0.2) is 5.75 Å². The van der Waals surface area contributed by atoms with Crippen molar-refractivity contribution in [2.24, 2.45) is 0 Å². The van der Waals surface area contributed by atoms with E-state index in [9.17, 15) is 0 Å². The van der Waals surface area contributed by atoms with Crippen LogP contribution >= 0.6 is 0 Å². The minimum Gasteiger partial charge on any atom is -0.493 e. The third-order valence-electron chi connectivity index (χ3n) is 4.75. The van der Waals surface area contributed by atoms with Gasteiger partial charge in [-0.2, -0.15) is 5.10 Å². The average molecular weight is 296 g/mol. The molecule has 0 radical (unpaired) electrons. The number of nitrogens with zero attached hydrogens (tertiary/aromatic N) is 3. The largest absolute Gasteiger partial charge is 0.493 e. The van der Waals surface area contributed by atoms with Crippen LogP contribution in [0.15, 0.2) is 6.20 Å². The Hall–Kier alpha value is -1.07. The number of likely N-dealkylation sites (N-methyl/N-ethyl adjacent to an activating group) is 2. The summed E-state index contributed by atoms with van der Waals surface area (Å²) in [5, 5.41) is 7.98. The molecule has 21 heavy (non-hydrogen) atoms. The lowest BCUT2D eigenvalue weighted by Gasteiger charge is -2.45. The van der Waals surface area contributed by atoms with Crippen LogP contribution in [0.2, 0.25) is 0 Å². The number of nitrogens with one attached hydrogen (secondary N) is 1. The molecular formula is C16H32N4O. The summed E-state index contributed by atoms with van der Waals surface area (Å²) in [6, 6.07) is 0.166. The molecule has 1 aromatic heterocycles. The van der Waals surface area contributed by atoms with Crippen molar-refractivity contribution in [3.63, 3.8) is 0 Å². The summed E-state index contributed by atoms with van der Waals surface area (Å²) in [7, 11) is 3.74. The zero-order chi connectivity index (χ0) is 16.0. The highest BCUT2D eigenvalue weighted by molar-refractivity contribution is 5.31. The second-order valence-corrected chi connectivity index (χ2v) is 5.52. The van der Waals surface area contributed by atoms with E-state index < -0.39 is 0 Å². The van der Waals surface area contributed by atoms with Crippen LogP contribution in [0.25, 0.3) is 0 Å². The monoisotopic (exact) mass is 296 g/mol. The Labute approximate surface area is 129 Å². The van der Waals surface area contributed by atoms with Crippen molar-refractivity contribution >= 4 is 0 Å². The molecule has 0 bridgehead atoms. The Kier molecular flexibility index (Phi) is 6.68. The van der Waals surface area contributed by atoms with Gasteiger partial charge in [-0.25, -0.2) is 0 Å². The van der Waals surface area contributed by atoms with Gasteiger partial charge >= 0.3 is 0 Å². The first-order chi connectivity index (χ1) is 10.0. The standard InChI is InChI=1S/C16H32N4O/c1-8-16(5,19(9-2)10-3)15(17-6)14-13(21-7)12-18-20(14)11-4/h12,15,17H,8-11H2,1-7H3. The van der Waals surface area contributed by atoms with Crippen molar-refractivity contribution < 1.29 is 4.74 Å². The van der Waals surface area contributed by atoms with Gasteiger partial charge in [0.2, 0.25) is 0 Å². The Bertz CT molecular complexity index is 406. The van der Waals surface area contributed by atoms with Gasteiger partial charge in [0, 0.05) is 12.1 Å². The van der Waals surface area contributed by atoms with Gasteiger partial charge in [0.1, 0.15) is 0 Å². The Morgan fingerprint density at radius 2 is 1.95 bits per heavy atom. The van der Waals surface area contributed by atoms with Gasteiger partial charge in [0.05, 0.1) is 25.0 Å². The fourth-order valence-electron chi connectivity index (χ4n) is 3.38. The second kappa shape index (κ2) is 7.80. The van der Waals surface area contributed by atoms with E-state index in [-0.39, 0.29) is 11.6 Å². The summed E-state index contributed by atoms with van der Waals surface area (Å²) in [5.41, 5.74) is 1.15. The summed E-state index contributed by atoms with van der Waals surface area (Å²) in [4.78, 5) is 2.51. The van der Waals surface area contributed by atoms with Crippen molar-refractivity contribution in [2.45, 2.75) is 59.2 Å². The Morgan fingerprint density at radius 3 is 2.33 bits per heavy atom. The molecule has 5 heteroatoms. The summed E-state index contributed by atoms with van der Waals surface area (Å²) in [6.45, 7) is 14.0. The Balaban J connectivity index is 3.36. The minimum absolute atomic E-state index is 0.0124. The van der Waals surface area contributed by atoms with Gasteiger partial charge in [-0.1, -0.05) is 20.8 Å². The highest BCUT2D eigenvalue weighted by atomic mass is 16.5. The fraction of sp³-hybridized carbons (Fsp3) is 0.812. The number of aryl methyl sites for hydroxylation is 1. The maximum atomic E-state index is 5.56. The second-order valence-electron chi connectivity index (χ2n) is 5.52. The zero-order valence-electron chi connectivity index (χ0n) is 14.7. The van der Waals surface area contributed by atoms with Gasteiger partial charge in [0.25, 0.3) is 0 Å². The smallest absolute Gasteiger partial charge is 0.161 e. The van der Waals surface area contributed by atoms with Crippen molar-refractivity contribution in [3.8, 4) is 5.75 Å². The molecule has 1 N–H and O–H groups in total. The number of ether oxygens (including phenoxy) is 1. The van der Waals surface area contributed by atoms with Crippen LogP contribution < -0.4 is 10.1 Å². The predicted octanol–water partition coefficient (Wildman–Crippen LogP) is 2.68. The van der Waals surface area contributed by atoms with Gasteiger partial charge < -0.3 is 10.1 Å². The summed E-state index contributed by atoms with van der Waals surface area (Å²) >= 11 is 0. The third kappa shape index (κ3) is 3.24. The molecular weight excluding hydrogens is 264 g/mol. The lowest BCUT2D eigenvalue weighted by molar-refractivity contribution is 0.0684. The van der Waals surface area contributed by atoms with E-state index in [1.807, 2.05) is 17.9 Å². The topological polar surface area (TPSA) is 42.3 Å². The van der Waals surface area contributed by atoms with E-state index in [1.165, 1.54) is 0 Å². The van der Waals surface area contributed by atoms with Gasteiger partial charge in [-0.3, -0.25) is 9.58 Å². The number of methoxy groups -OCH3 is 1. The molecule has 2 atom stereocenters. The molecule has 122 valence electrons. The summed E-state index contributed by atoms with van der Waals surface area (Å²) in [5.74, 6) is 0.864. The Morgan fingerprint density at radius 1 is 1.33 bits per heavy atom. The quantitative estimate of drug-likeness (QED) is 0.761. The highest BCUT2D eigenvalue weighted by Gasteiger charge is 2.40.